The molecule has 3 aliphatic heterocycles. The predicted octanol–water partition coefficient (Wildman–Crippen LogP) is 5.58. The number of ether oxygens (including phenoxy) is 2. The van der Waals surface area contributed by atoms with Crippen molar-refractivity contribution < 1.29 is 51.0 Å². The number of allylic oxidation sites excluding steroid dienone is 1. The van der Waals surface area contributed by atoms with Gasteiger partial charge in [-0.05, 0) is 95.4 Å². The van der Waals surface area contributed by atoms with Gasteiger partial charge in [-0.25, -0.2) is 22.0 Å². The van der Waals surface area contributed by atoms with Crippen molar-refractivity contribution in [3.63, 3.8) is 0 Å². The fraction of sp³-hybridized carbons (Fsp3) is 0.643. The molecule has 2 saturated carbocycles. The fourth-order valence-electron chi connectivity index (χ4n) is 8.95. The van der Waals surface area contributed by atoms with Crippen molar-refractivity contribution in [2.45, 2.75) is 139 Å². The van der Waals surface area contributed by atoms with Gasteiger partial charge in [0, 0.05) is 30.2 Å². The van der Waals surface area contributed by atoms with Crippen molar-refractivity contribution >= 4 is 44.6 Å². The molecule has 17 heteroatoms. The highest BCUT2D eigenvalue weighted by atomic mass is 32.2. The number of halogens is 2. The van der Waals surface area contributed by atoms with Gasteiger partial charge in [-0.2, -0.15) is 4.98 Å². The van der Waals surface area contributed by atoms with Gasteiger partial charge >= 0.3 is 6.09 Å². The number of benzene rings is 1. The van der Waals surface area contributed by atoms with E-state index in [1.165, 1.54) is 4.90 Å². The number of carbonyl (C=O) groups is 4. The highest BCUT2D eigenvalue weighted by molar-refractivity contribution is 7.91. The Morgan fingerprint density at radius 2 is 1.81 bits per heavy atom. The largest absolute Gasteiger partial charge is 0.477 e. The van der Waals surface area contributed by atoms with Crippen molar-refractivity contribution in [1.82, 2.24) is 24.8 Å². The zero-order chi connectivity index (χ0) is 42.9. The Kier molecular flexibility index (Phi) is 11.0. The molecule has 2 aliphatic carbocycles. The molecule has 3 fully saturated rings. The van der Waals surface area contributed by atoms with E-state index in [0.29, 0.717) is 61.8 Å². The maximum atomic E-state index is 15.4. The second kappa shape index (κ2) is 15.2. The van der Waals surface area contributed by atoms with E-state index >= 15 is 13.6 Å². The molecule has 2 aromatic rings. The van der Waals surface area contributed by atoms with Gasteiger partial charge in [0.05, 0.1) is 17.9 Å². The first-order valence-corrected chi connectivity index (χ1v) is 22.1. The molecular formula is C42H55F2N5O9S. The Balaban J connectivity index is 1.30. The van der Waals surface area contributed by atoms with Crippen molar-refractivity contribution in [1.29, 1.82) is 0 Å². The molecule has 322 valence electrons. The number of nitrogens with one attached hydrogen (secondary N) is 2. The maximum Gasteiger partial charge on any atom is 0.408 e. The van der Waals surface area contributed by atoms with Crippen LogP contribution in [0.2, 0.25) is 0 Å². The monoisotopic (exact) mass is 843 g/mol. The van der Waals surface area contributed by atoms with E-state index in [9.17, 15) is 27.9 Å². The molecule has 0 unspecified atom stereocenters. The van der Waals surface area contributed by atoms with Crippen LogP contribution in [0, 0.1) is 17.8 Å². The Bertz CT molecular complexity index is 2170. The van der Waals surface area contributed by atoms with Crippen LogP contribution < -0.4 is 19.5 Å². The molecular weight excluding hydrogens is 789 g/mol. The topological polar surface area (TPSA) is 185 Å². The van der Waals surface area contributed by atoms with Crippen LogP contribution in [0.3, 0.4) is 0 Å². The zero-order valence-corrected chi connectivity index (χ0v) is 35.2. The summed E-state index contributed by atoms with van der Waals surface area (Å²) in [5, 5.41) is 15.0. The molecule has 59 heavy (non-hydrogen) atoms. The number of amides is 4. The lowest BCUT2D eigenvalue weighted by Gasteiger charge is -2.47. The van der Waals surface area contributed by atoms with Crippen LogP contribution >= 0.6 is 0 Å². The van der Waals surface area contributed by atoms with Crippen LogP contribution in [0.15, 0.2) is 36.4 Å². The van der Waals surface area contributed by atoms with E-state index < -0.39 is 85.6 Å². The molecule has 7 atom stereocenters. The summed E-state index contributed by atoms with van der Waals surface area (Å²) in [7, 11) is -4.09. The number of alkyl halides is 2. The van der Waals surface area contributed by atoms with E-state index in [-0.39, 0.29) is 31.2 Å². The normalized spacial score (nSPS) is 29.7. The van der Waals surface area contributed by atoms with Crippen molar-refractivity contribution in [2.75, 3.05) is 13.2 Å². The van der Waals surface area contributed by atoms with Crippen molar-refractivity contribution in [3.8, 4) is 11.8 Å². The molecule has 7 rings (SSSR count). The minimum absolute atomic E-state index is 0.0940. The Morgan fingerprint density at radius 1 is 1.12 bits per heavy atom. The Hall–Kier alpha value is -4.54. The third-order valence-corrected chi connectivity index (χ3v) is 15.6. The summed E-state index contributed by atoms with van der Waals surface area (Å²) >= 11 is 0. The van der Waals surface area contributed by atoms with Gasteiger partial charge in [-0.15, -0.1) is 0 Å². The van der Waals surface area contributed by atoms with Crippen LogP contribution in [-0.4, -0.2) is 105 Å². The van der Waals surface area contributed by atoms with Gasteiger partial charge in [0.15, 0.2) is 0 Å². The second-order valence-corrected chi connectivity index (χ2v) is 20.4. The van der Waals surface area contributed by atoms with Crippen LogP contribution in [-0.2, 0) is 30.8 Å². The zero-order valence-electron chi connectivity index (χ0n) is 34.4. The average molecular weight is 844 g/mol. The summed E-state index contributed by atoms with van der Waals surface area (Å²) in [6.07, 6.45) is 4.69. The van der Waals surface area contributed by atoms with Crippen LogP contribution in [0.5, 0.6) is 11.8 Å². The molecule has 1 aromatic carbocycles. The molecule has 4 amide bonds. The summed E-state index contributed by atoms with van der Waals surface area (Å²) < 4.78 is 70.9. The molecule has 0 radical (unpaired) electrons. The quantitative estimate of drug-likeness (QED) is 0.284. The van der Waals surface area contributed by atoms with Crippen LogP contribution in [0.4, 0.5) is 13.6 Å². The number of aromatic nitrogens is 1. The SMILES string of the molecule is C[C@@H]1CCC=C[C@@H]2C[C@@]2(C(=O)NS(=O)(=O)C2(C)CC2)NC(=O)[C@@H]2C[C@@H](Oc3nc4c(c5ccccc35)CCCO4)CN2C(=O)[C@@H](N(C(=O)O)C(C)(C)C(C)(F)F)[C@H](C)C1. The number of carboxylic acid groups (broad SMARTS) is 1. The van der Waals surface area contributed by atoms with Gasteiger partial charge in [-0.1, -0.05) is 44.2 Å². The van der Waals surface area contributed by atoms with Crippen molar-refractivity contribution in [3.05, 3.63) is 42.0 Å². The lowest BCUT2D eigenvalue weighted by atomic mass is 9.84. The van der Waals surface area contributed by atoms with Gasteiger partial charge in [0.25, 0.3) is 11.8 Å². The van der Waals surface area contributed by atoms with E-state index in [4.69, 9.17) is 14.5 Å². The van der Waals surface area contributed by atoms with Crippen LogP contribution in [0.1, 0.15) is 98.5 Å². The third kappa shape index (κ3) is 7.83. The summed E-state index contributed by atoms with van der Waals surface area (Å²) in [4.78, 5) is 63.4. The summed E-state index contributed by atoms with van der Waals surface area (Å²) in [6.45, 7) is 8.10. The van der Waals surface area contributed by atoms with Gasteiger partial charge in [-0.3, -0.25) is 24.0 Å². The molecule has 1 aromatic heterocycles. The molecule has 3 N–H and O–H groups in total. The van der Waals surface area contributed by atoms with Gasteiger partial charge in [0.1, 0.15) is 29.3 Å². The van der Waals surface area contributed by atoms with E-state index in [0.717, 1.165) is 37.6 Å². The molecule has 14 nitrogen and oxygen atoms in total. The lowest BCUT2D eigenvalue weighted by Crippen LogP contribution is -2.66. The number of rotatable bonds is 8. The maximum absolute atomic E-state index is 15.4. The van der Waals surface area contributed by atoms with Crippen molar-refractivity contribution in [2.24, 2.45) is 17.8 Å². The number of hydrogen-bond donors (Lipinski definition) is 3. The first-order chi connectivity index (χ1) is 27.6. The summed E-state index contributed by atoms with van der Waals surface area (Å²) in [6, 6.07) is 4.46. The number of hydrogen-bond acceptors (Lipinski definition) is 9. The summed E-state index contributed by atoms with van der Waals surface area (Å²) in [5.74, 6) is -6.98. The number of carbonyl (C=O) groups excluding carboxylic acids is 3. The Morgan fingerprint density at radius 3 is 2.47 bits per heavy atom. The minimum Gasteiger partial charge on any atom is -0.477 e. The van der Waals surface area contributed by atoms with Crippen LogP contribution in [0.25, 0.3) is 10.8 Å². The van der Waals surface area contributed by atoms with E-state index in [1.54, 1.807) is 19.9 Å². The first-order valence-electron chi connectivity index (χ1n) is 20.6. The van der Waals surface area contributed by atoms with E-state index in [1.807, 2.05) is 37.3 Å². The second-order valence-electron chi connectivity index (χ2n) is 18.2. The number of sulfonamides is 1. The standard InChI is InChI=1S/C42H55F2N5O9S/c1-24-12-7-8-13-26-22-42(26,37(52)47-59(55,56)40(5)17-18-40)46-33(50)31-21-27(58-35-30-15-10-9-14-28(30)29-16-11-19-57-34(29)45-35)23-48(31)36(51)32(25(2)20-24)49(38(53)54)39(3,4)41(6,43)44/h8-10,13-15,24-27,31-32H,7,11-12,16-23H2,1-6H3,(H,46,50)(H,47,52)(H,53,54)/t24-,25-,26-,27-,31+,32+,42-/m1/s1. The third-order valence-electron chi connectivity index (χ3n) is 13.4. The Labute approximate surface area is 343 Å². The van der Waals surface area contributed by atoms with Gasteiger partial charge < -0.3 is 24.8 Å². The smallest absolute Gasteiger partial charge is 0.408 e. The molecule has 1 saturated heterocycles. The molecule has 5 aliphatic rings. The highest BCUT2D eigenvalue weighted by Gasteiger charge is 2.63. The number of pyridine rings is 1. The number of fused-ring (bicyclic) bond motifs is 5. The number of nitrogens with zero attached hydrogens (tertiary/aromatic N) is 3. The molecule has 0 spiro atoms. The fourth-order valence-corrected chi connectivity index (χ4v) is 10.3. The average Bonchev–Trinajstić information content (AvgIpc) is 4.04. The highest BCUT2D eigenvalue weighted by Crippen LogP contribution is 2.48. The van der Waals surface area contributed by atoms with Gasteiger partial charge in [0.2, 0.25) is 33.6 Å². The lowest BCUT2D eigenvalue weighted by molar-refractivity contribution is -0.156. The van der Waals surface area contributed by atoms with E-state index in [2.05, 4.69) is 10.0 Å². The first kappa shape index (κ1) is 42.6. The number of aryl methyl sites for hydroxylation is 1. The summed E-state index contributed by atoms with van der Waals surface area (Å²) in [5.41, 5.74) is -3.10. The molecule has 4 heterocycles. The predicted molar refractivity (Wildman–Crippen MR) is 213 cm³/mol. The molecule has 0 bridgehead atoms. The minimum atomic E-state index is -4.09.